The quantitative estimate of drug-likeness (QED) is 0.654. The summed E-state index contributed by atoms with van der Waals surface area (Å²) in [6.45, 7) is 2.30. The number of rotatable bonds is 5. The monoisotopic (exact) mass is 444 g/mol. The molecule has 2 heterocycles. The molecule has 1 fully saturated rings. The van der Waals surface area contributed by atoms with Crippen LogP contribution >= 0.6 is 12.2 Å². The number of carbonyl (C=O) groups is 1. The van der Waals surface area contributed by atoms with Crippen molar-refractivity contribution < 1.29 is 18.0 Å². The van der Waals surface area contributed by atoms with Gasteiger partial charge in [-0.3, -0.25) is 9.69 Å². The van der Waals surface area contributed by atoms with Crippen LogP contribution in [0.3, 0.4) is 0 Å². The van der Waals surface area contributed by atoms with Gasteiger partial charge in [0.25, 0.3) is 5.91 Å². The van der Waals surface area contributed by atoms with Crippen LogP contribution in [-0.2, 0) is 17.4 Å². The average molecular weight is 444 g/mol. The lowest BCUT2D eigenvalue weighted by Crippen LogP contribution is -2.34. The van der Waals surface area contributed by atoms with Crippen molar-refractivity contribution in [1.29, 1.82) is 5.26 Å². The molecular formula is C22H19F3N4OS. The van der Waals surface area contributed by atoms with E-state index in [-0.39, 0.29) is 23.3 Å². The van der Waals surface area contributed by atoms with E-state index in [1.807, 2.05) is 12.1 Å². The number of halogens is 3. The fraction of sp³-hybridized carbons (Fsp3) is 0.318. The van der Waals surface area contributed by atoms with Gasteiger partial charge in [-0.05, 0) is 54.9 Å². The molecule has 0 spiro atoms. The zero-order valence-corrected chi connectivity index (χ0v) is 17.3. The molecule has 31 heavy (non-hydrogen) atoms. The normalized spacial score (nSPS) is 16.1. The number of hydrogen-bond donors (Lipinski definition) is 0. The Balaban J connectivity index is 1.43. The molecule has 0 saturated carbocycles. The maximum atomic E-state index is 13.3. The topological polar surface area (TPSA) is 50.6 Å². The number of carbonyl (C=O) groups excluding carboxylic acids is 1. The largest absolute Gasteiger partial charge is 0.417 e. The van der Waals surface area contributed by atoms with Crippen LogP contribution in [0.15, 0.2) is 42.5 Å². The van der Waals surface area contributed by atoms with Gasteiger partial charge in [0.15, 0.2) is 5.11 Å². The van der Waals surface area contributed by atoms with Crippen LogP contribution in [0, 0.1) is 11.3 Å². The van der Waals surface area contributed by atoms with Crippen molar-refractivity contribution in [1.82, 2.24) is 4.90 Å². The first kappa shape index (κ1) is 21.1. The van der Waals surface area contributed by atoms with Crippen LogP contribution in [0.25, 0.3) is 0 Å². The van der Waals surface area contributed by atoms with E-state index in [4.69, 9.17) is 17.5 Å². The Morgan fingerprint density at radius 3 is 2.58 bits per heavy atom. The molecule has 0 aliphatic carbocycles. The molecule has 1 amide bonds. The van der Waals surface area contributed by atoms with Crippen molar-refractivity contribution >= 4 is 34.6 Å². The van der Waals surface area contributed by atoms with E-state index in [0.29, 0.717) is 6.54 Å². The second-order valence-corrected chi connectivity index (χ2v) is 7.86. The fourth-order valence-electron chi connectivity index (χ4n) is 4.07. The molecule has 2 aromatic rings. The molecule has 5 nitrogen and oxygen atoms in total. The number of nitrogens with zero attached hydrogens (tertiary/aromatic N) is 4. The summed E-state index contributed by atoms with van der Waals surface area (Å²) in [6, 6.07) is 13.0. The highest BCUT2D eigenvalue weighted by Gasteiger charge is 2.38. The van der Waals surface area contributed by atoms with Gasteiger partial charge in [-0.2, -0.15) is 18.4 Å². The zero-order chi connectivity index (χ0) is 22.2. The van der Waals surface area contributed by atoms with Crippen molar-refractivity contribution in [3.63, 3.8) is 0 Å². The molecule has 2 aromatic carbocycles. The summed E-state index contributed by atoms with van der Waals surface area (Å²) in [4.78, 5) is 17.7. The van der Waals surface area contributed by atoms with Crippen LogP contribution < -0.4 is 9.80 Å². The first-order valence-corrected chi connectivity index (χ1v) is 10.3. The van der Waals surface area contributed by atoms with Gasteiger partial charge in [0, 0.05) is 25.3 Å². The highest BCUT2D eigenvalue weighted by Crippen LogP contribution is 2.35. The van der Waals surface area contributed by atoms with Crippen LogP contribution in [0.5, 0.6) is 0 Å². The van der Waals surface area contributed by atoms with E-state index in [9.17, 15) is 18.0 Å². The van der Waals surface area contributed by atoms with Crippen molar-refractivity contribution in [3.8, 4) is 6.07 Å². The Kier molecular flexibility index (Phi) is 5.58. The summed E-state index contributed by atoms with van der Waals surface area (Å²) in [5.41, 5.74) is 1.01. The Morgan fingerprint density at radius 1 is 1.10 bits per heavy atom. The number of benzene rings is 2. The second-order valence-electron chi connectivity index (χ2n) is 7.49. The fourth-order valence-corrected chi connectivity index (χ4v) is 4.44. The minimum atomic E-state index is -4.70. The minimum Gasteiger partial charge on any atom is -0.371 e. The number of fused-ring (bicyclic) bond motifs is 1. The Hall–Kier alpha value is -3.12. The van der Waals surface area contributed by atoms with Gasteiger partial charge in [0.05, 0.1) is 29.4 Å². The Labute approximate surface area is 183 Å². The maximum absolute atomic E-state index is 13.3. The lowest BCUT2D eigenvalue weighted by molar-refractivity contribution is -0.137. The number of para-hydroxylation sites is 1. The molecule has 2 aliphatic heterocycles. The van der Waals surface area contributed by atoms with Gasteiger partial charge < -0.3 is 9.80 Å². The predicted molar refractivity (Wildman–Crippen MR) is 115 cm³/mol. The van der Waals surface area contributed by atoms with Crippen LogP contribution in [0.1, 0.15) is 23.1 Å². The summed E-state index contributed by atoms with van der Waals surface area (Å²) in [6.07, 6.45) is -2.93. The van der Waals surface area contributed by atoms with Crippen molar-refractivity contribution in [3.05, 3.63) is 59.2 Å². The van der Waals surface area contributed by atoms with Gasteiger partial charge in [0.1, 0.15) is 0 Å². The van der Waals surface area contributed by atoms with Gasteiger partial charge in [-0.1, -0.05) is 18.2 Å². The number of nitriles is 1. The molecule has 2 aliphatic rings. The third kappa shape index (κ3) is 4.08. The molecule has 0 bridgehead atoms. The summed E-state index contributed by atoms with van der Waals surface area (Å²) < 4.78 is 39.9. The van der Waals surface area contributed by atoms with Crippen LogP contribution in [0.4, 0.5) is 24.5 Å². The van der Waals surface area contributed by atoms with Crippen molar-refractivity contribution in [2.45, 2.75) is 19.0 Å². The average Bonchev–Trinajstić information content (AvgIpc) is 3.27. The molecule has 4 rings (SSSR count). The van der Waals surface area contributed by atoms with E-state index in [2.05, 4.69) is 17.0 Å². The molecular weight excluding hydrogens is 425 g/mol. The molecule has 0 N–H and O–H groups in total. The summed E-state index contributed by atoms with van der Waals surface area (Å²) in [5, 5.41) is 9.15. The second kappa shape index (κ2) is 8.19. The van der Waals surface area contributed by atoms with E-state index in [1.54, 1.807) is 11.0 Å². The third-order valence-electron chi connectivity index (χ3n) is 5.56. The van der Waals surface area contributed by atoms with Gasteiger partial charge in [-0.25, -0.2) is 0 Å². The molecule has 0 unspecified atom stereocenters. The lowest BCUT2D eigenvalue weighted by Gasteiger charge is -2.23. The van der Waals surface area contributed by atoms with E-state index < -0.39 is 17.3 Å². The number of alkyl halides is 3. The molecule has 160 valence electrons. The lowest BCUT2D eigenvalue weighted by atomic mass is 10.1. The predicted octanol–water partition coefficient (Wildman–Crippen LogP) is 3.96. The minimum absolute atomic E-state index is 0.0246. The highest BCUT2D eigenvalue weighted by molar-refractivity contribution is 7.80. The first-order chi connectivity index (χ1) is 14.8. The molecule has 0 radical (unpaired) electrons. The number of hydrogen-bond acceptors (Lipinski definition) is 4. The van der Waals surface area contributed by atoms with Crippen molar-refractivity contribution in [2.75, 3.05) is 36.0 Å². The van der Waals surface area contributed by atoms with Crippen LogP contribution in [0.2, 0.25) is 0 Å². The van der Waals surface area contributed by atoms with E-state index >= 15 is 0 Å². The molecule has 0 atom stereocenters. The van der Waals surface area contributed by atoms with Crippen LogP contribution in [-0.4, -0.2) is 42.1 Å². The van der Waals surface area contributed by atoms with Gasteiger partial charge in [-0.15, -0.1) is 0 Å². The maximum Gasteiger partial charge on any atom is 0.417 e. The van der Waals surface area contributed by atoms with E-state index in [0.717, 1.165) is 43.0 Å². The van der Waals surface area contributed by atoms with Gasteiger partial charge >= 0.3 is 6.18 Å². The zero-order valence-electron chi connectivity index (χ0n) is 16.5. The SMILES string of the molecule is N#Cc1ccc(N2C(=O)CN(CCCN3CCc4ccccc43)C2=S)cc1C(F)(F)F. The van der Waals surface area contributed by atoms with Crippen molar-refractivity contribution in [2.24, 2.45) is 0 Å². The number of amides is 1. The summed E-state index contributed by atoms with van der Waals surface area (Å²) >= 11 is 5.40. The first-order valence-electron chi connectivity index (χ1n) is 9.85. The molecule has 0 aromatic heterocycles. The Bertz CT molecular complexity index is 1080. The summed E-state index contributed by atoms with van der Waals surface area (Å²) in [7, 11) is 0. The molecule has 1 saturated heterocycles. The number of anilines is 2. The summed E-state index contributed by atoms with van der Waals surface area (Å²) in [5.74, 6) is -0.380. The number of thiocarbonyl (C=S) groups is 1. The standard InChI is InChI=1S/C22H19F3N4OS/c23-22(24,25)18-12-17(7-6-16(18)13-26)29-20(30)14-28(21(29)31)10-3-9-27-11-8-15-4-1-2-5-19(15)27/h1-2,4-7,12H,3,8-11,14H2. The Morgan fingerprint density at radius 2 is 1.84 bits per heavy atom. The third-order valence-corrected chi connectivity index (χ3v) is 6.00. The smallest absolute Gasteiger partial charge is 0.371 e. The highest BCUT2D eigenvalue weighted by atomic mass is 32.1. The van der Waals surface area contributed by atoms with E-state index in [1.165, 1.54) is 17.3 Å². The molecule has 9 heteroatoms. The van der Waals surface area contributed by atoms with Gasteiger partial charge in [0.2, 0.25) is 0 Å².